The number of hydrogen-bond donors (Lipinski definition) is 1. The third-order valence-corrected chi connectivity index (χ3v) is 5.00. The van der Waals surface area contributed by atoms with Gasteiger partial charge in [0.05, 0.1) is 13.2 Å². The van der Waals surface area contributed by atoms with Crippen LogP contribution in [0, 0.1) is 0 Å². The highest BCUT2D eigenvalue weighted by Gasteiger charge is 2.12. The van der Waals surface area contributed by atoms with Crippen LogP contribution in [0.4, 0.5) is 0 Å². The fraction of sp³-hybridized carbons (Fsp3) is 0.600. The average molecular weight is 410 g/mol. The van der Waals surface area contributed by atoms with Gasteiger partial charge in [0, 0.05) is 52.3 Å². The third-order valence-electron chi connectivity index (χ3n) is 4.63. The number of carbonyl (C=O) groups excluding carboxylic acids is 1. The topological polar surface area (TPSA) is 60.4 Å². The fourth-order valence-corrected chi connectivity index (χ4v) is 3.08. The number of halogens is 1. The first-order chi connectivity index (χ1) is 13.5. The lowest BCUT2D eigenvalue weighted by Gasteiger charge is -2.27. The van der Waals surface area contributed by atoms with E-state index in [0.29, 0.717) is 12.5 Å². The van der Waals surface area contributed by atoms with E-state index in [4.69, 9.17) is 16.3 Å². The van der Waals surface area contributed by atoms with Gasteiger partial charge in [-0.1, -0.05) is 29.8 Å². The Labute approximate surface area is 173 Å². The second-order valence-electron chi connectivity index (χ2n) is 7.11. The molecule has 0 unspecified atom stereocenters. The number of likely N-dealkylation sites (N-methyl/N-ethyl adjacent to an activating group) is 1. The number of hydrogen-bond acceptors (Lipinski definition) is 4. The predicted octanol–water partition coefficient (Wildman–Crippen LogP) is 1.53. The number of nitrogens with one attached hydrogen (secondary N) is 1. The second-order valence-corrected chi connectivity index (χ2v) is 7.52. The summed E-state index contributed by atoms with van der Waals surface area (Å²) < 4.78 is 5.39. The van der Waals surface area contributed by atoms with Crippen molar-refractivity contribution < 1.29 is 9.53 Å². The molecule has 1 N–H and O–H groups in total. The molecule has 1 heterocycles. The van der Waals surface area contributed by atoms with Crippen molar-refractivity contribution in [2.45, 2.75) is 13.0 Å². The molecule has 1 aromatic carbocycles. The van der Waals surface area contributed by atoms with Crippen LogP contribution in [0.1, 0.15) is 12.0 Å². The molecule has 1 amide bonds. The summed E-state index contributed by atoms with van der Waals surface area (Å²) in [5, 5.41) is 4.12. The number of benzene rings is 1. The van der Waals surface area contributed by atoms with Crippen LogP contribution in [0.25, 0.3) is 0 Å². The van der Waals surface area contributed by atoms with Crippen molar-refractivity contribution in [1.29, 1.82) is 0 Å². The molecule has 7 nitrogen and oxygen atoms in total. The van der Waals surface area contributed by atoms with Crippen molar-refractivity contribution in [3.05, 3.63) is 34.9 Å². The maximum Gasteiger partial charge on any atom is 0.243 e. The minimum atomic E-state index is -0.0289. The Morgan fingerprint density at radius 1 is 1.25 bits per heavy atom. The molecule has 1 aromatic rings. The van der Waals surface area contributed by atoms with E-state index in [1.807, 2.05) is 36.2 Å². The van der Waals surface area contributed by atoms with Crippen LogP contribution in [0.15, 0.2) is 29.3 Å². The number of amides is 1. The zero-order chi connectivity index (χ0) is 20.4. The highest BCUT2D eigenvalue weighted by atomic mass is 35.5. The van der Waals surface area contributed by atoms with E-state index in [1.165, 1.54) is 0 Å². The van der Waals surface area contributed by atoms with E-state index in [0.717, 1.165) is 56.4 Å². The summed E-state index contributed by atoms with van der Waals surface area (Å²) in [6.45, 7) is 6.15. The standard InChI is InChI=1S/C20H32ClN5O2/c1-24(2)19(27)15-23-20(22-9-6-10-26-11-13-28-14-12-26)25(3)16-17-7-4-5-8-18(17)21/h4-5,7-8H,6,9-16H2,1-3H3,(H,22,23). The van der Waals surface area contributed by atoms with Gasteiger partial charge in [0.2, 0.25) is 5.91 Å². The molecule has 0 saturated carbocycles. The molecule has 8 heteroatoms. The molecule has 1 aliphatic rings. The smallest absolute Gasteiger partial charge is 0.243 e. The Bertz CT molecular complexity index is 647. The van der Waals surface area contributed by atoms with Gasteiger partial charge in [0.25, 0.3) is 0 Å². The molecule has 0 atom stereocenters. The van der Waals surface area contributed by atoms with Gasteiger partial charge in [-0.25, -0.2) is 4.99 Å². The summed E-state index contributed by atoms with van der Waals surface area (Å²) in [6, 6.07) is 7.77. The van der Waals surface area contributed by atoms with Crippen LogP contribution >= 0.6 is 11.6 Å². The predicted molar refractivity (Wildman–Crippen MR) is 114 cm³/mol. The Kier molecular flexibility index (Phi) is 9.54. The summed E-state index contributed by atoms with van der Waals surface area (Å²) in [6.07, 6.45) is 1.00. The summed E-state index contributed by atoms with van der Waals surface area (Å²) in [5.74, 6) is 0.677. The van der Waals surface area contributed by atoms with Crippen molar-refractivity contribution in [3.63, 3.8) is 0 Å². The van der Waals surface area contributed by atoms with Gasteiger partial charge in [-0.15, -0.1) is 0 Å². The number of ether oxygens (including phenoxy) is 1. The second kappa shape index (κ2) is 11.9. The Morgan fingerprint density at radius 3 is 2.64 bits per heavy atom. The van der Waals surface area contributed by atoms with Crippen LogP contribution in [-0.4, -0.2) is 93.6 Å². The number of aliphatic imine (C=N–C) groups is 1. The minimum absolute atomic E-state index is 0.0289. The van der Waals surface area contributed by atoms with Gasteiger partial charge in [-0.3, -0.25) is 9.69 Å². The van der Waals surface area contributed by atoms with Crippen molar-refractivity contribution in [3.8, 4) is 0 Å². The lowest BCUT2D eigenvalue weighted by molar-refractivity contribution is -0.127. The van der Waals surface area contributed by atoms with E-state index in [1.54, 1.807) is 19.0 Å². The molecule has 0 aliphatic carbocycles. The number of nitrogens with zero attached hydrogens (tertiary/aromatic N) is 4. The number of guanidine groups is 1. The van der Waals surface area contributed by atoms with Crippen molar-refractivity contribution in [2.24, 2.45) is 4.99 Å². The van der Waals surface area contributed by atoms with Gasteiger partial charge in [-0.2, -0.15) is 0 Å². The first kappa shape index (κ1) is 22.5. The molecule has 0 aromatic heterocycles. The van der Waals surface area contributed by atoms with Crippen LogP contribution in [0.3, 0.4) is 0 Å². The van der Waals surface area contributed by atoms with Gasteiger partial charge in [0.1, 0.15) is 6.54 Å². The minimum Gasteiger partial charge on any atom is -0.379 e. The first-order valence-electron chi connectivity index (χ1n) is 9.70. The van der Waals surface area contributed by atoms with E-state index >= 15 is 0 Å². The zero-order valence-corrected chi connectivity index (χ0v) is 17.9. The molecule has 0 radical (unpaired) electrons. The molecule has 2 rings (SSSR count). The van der Waals surface area contributed by atoms with E-state index < -0.39 is 0 Å². The van der Waals surface area contributed by atoms with Crippen molar-refractivity contribution in [1.82, 2.24) is 20.0 Å². The number of morpholine rings is 1. The third kappa shape index (κ3) is 7.66. The van der Waals surface area contributed by atoms with Gasteiger partial charge >= 0.3 is 0 Å². The molecule has 28 heavy (non-hydrogen) atoms. The summed E-state index contributed by atoms with van der Waals surface area (Å²) >= 11 is 6.29. The summed E-state index contributed by atoms with van der Waals surface area (Å²) in [4.78, 5) is 22.4. The fourth-order valence-electron chi connectivity index (χ4n) is 2.88. The molecule has 1 saturated heterocycles. The molecular weight excluding hydrogens is 378 g/mol. The summed E-state index contributed by atoms with van der Waals surface area (Å²) in [5.41, 5.74) is 1.02. The maximum atomic E-state index is 12.0. The average Bonchev–Trinajstić information content (AvgIpc) is 2.69. The van der Waals surface area contributed by atoms with Crippen LogP contribution < -0.4 is 5.32 Å². The number of rotatable bonds is 8. The molecule has 1 fully saturated rings. The Morgan fingerprint density at radius 2 is 1.96 bits per heavy atom. The Balaban J connectivity index is 1.92. The van der Waals surface area contributed by atoms with E-state index in [2.05, 4.69) is 15.2 Å². The molecular formula is C20H32ClN5O2. The van der Waals surface area contributed by atoms with Crippen LogP contribution in [0.5, 0.6) is 0 Å². The molecule has 1 aliphatic heterocycles. The highest BCUT2D eigenvalue weighted by molar-refractivity contribution is 6.31. The van der Waals surface area contributed by atoms with Crippen LogP contribution in [0.2, 0.25) is 5.02 Å². The monoisotopic (exact) mass is 409 g/mol. The highest BCUT2D eigenvalue weighted by Crippen LogP contribution is 2.16. The quantitative estimate of drug-likeness (QED) is 0.401. The SMILES string of the molecule is CN(C)C(=O)CN=C(NCCCN1CCOCC1)N(C)Cc1ccccc1Cl. The largest absolute Gasteiger partial charge is 0.379 e. The first-order valence-corrected chi connectivity index (χ1v) is 10.1. The van der Waals surface area contributed by atoms with E-state index in [-0.39, 0.29) is 12.5 Å². The van der Waals surface area contributed by atoms with Crippen molar-refractivity contribution >= 4 is 23.5 Å². The van der Waals surface area contributed by atoms with Gasteiger partial charge in [-0.05, 0) is 24.6 Å². The lowest BCUT2D eigenvalue weighted by Crippen LogP contribution is -2.42. The molecule has 0 bridgehead atoms. The number of carbonyl (C=O) groups is 1. The van der Waals surface area contributed by atoms with Crippen molar-refractivity contribution in [2.75, 3.05) is 67.1 Å². The summed E-state index contributed by atoms with van der Waals surface area (Å²) in [7, 11) is 5.43. The lowest BCUT2D eigenvalue weighted by atomic mass is 10.2. The molecule has 156 valence electrons. The van der Waals surface area contributed by atoms with Gasteiger partial charge in [0.15, 0.2) is 5.96 Å². The van der Waals surface area contributed by atoms with Crippen LogP contribution in [-0.2, 0) is 16.1 Å². The Hall–Kier alpha value is -1.83. The maximum absolute atomic E-state index is 12.0. The van der Waals surface area contributed by atoms with Gasteiger partial charge < -0.3 is 19.9 Å². The van der Waals surface area contributed by atoms with E-state index in [9.17, 15) is 4.79 Å². The normalized spacial score (nSPS) is 15.4. The zero-order valence-electron chi connectivity index (χ0n) is 17.2. The molecule has 0 spiro atoms.